The van der Waals surface area contributed by atoms with E-state index in [1.807, 2.05) is 26.0 Å². The summed E-state index contributed by atoms with van der Waals surface area (Å²) in [5.74, 6) is 2.65. The lowest BCUT2D eigenvalue weighted by Crippen LogP contribution is -2.30. The number of nitrogens with one attached hydrogen (secondary N) is 1. The van der Waals surface area contributed by atoms with Crippen LogP contribution in [0.1, 0.15) is 55.0 Å². The molecule has 27 heavy (non-hydrogen) atoms. The molecule has 2 amide bonds. The van der Waals surface area contributed by atoms with Crippen LogP contribution in [0.25, 0.3) is 6.08 Å². The molecule has 1 aromatic carbocycles. The summed E-state index contributed by atoms with van der Waals surface area (Å²) in [5, 5.41) is 2.79. The van der Waals surface area contributed by atoms with Gasteiger partial charge in [0.1, 0.15) is 11.5 Å². The molecule has 1 heterocycles. The van der Waals surface area contributed by atoms with E-state index in [-0.39, 0.29) is 11.8 Å². The van der Waals surface area contributed by atoms with Gasteiger partial charge in [0.2, 0.25) is 5.91 Å². The number of carbonyl (C=O) groups excluding carboxylic acids is 2. The number of benzene rings is 1. The molecule has 2 atom stereocenters. The molecular weight excluding hydrogens is 340 g/mol. The van der Waals surface area contributed by atoms with Crippen LogP contribution in [0.4, 0.5) is 5.69 Å². The molecule has 0 saturated heterocycles. The Labute approximate surface area is 160 Å². The number of rotatable bonds is 7. The van der Waals surface area contributed by atoms with E-state index in [9.17, 15) is 9.59 Å². The lowest BCUT2D eigenvalue weighted by molar-refractivity contribution is -0.111. The molecule has 0 bridgehead atoms. The zero-order chi connectivity index (χ0) is 19.4. The summed E-state index contributed by atoms with van der Waals surface area (Å²) >= 11 is 0. The van der Waals surface area contributed by atoms with Gasteiger partial charge in [-0.1, -0.05) is 6.92 Å². The Kier molecular flexibility index (Phi) is 5.79. The molecule has 2 unspecified atom stereocenters. The van der Waals surface area contributed by atoms with Crippen molar-refractivity contribution in [3.8, 4) is 0 Å². The maximum atomic E-state index is 12.3. The Morgan fingerprint density at radius 2 is 1.81 bits per heavy atom. The standard InChI is InChI=1S/C22H26N2O3/c1-4-24(5-2)22(26)16-6-8-17(9-7-16)23-21(25)13-11-18-10-12-20(27-18)19-14-15(19)3/h6-13,15,19H,4-5,14H2,1-3H3,(H,23,25)/b13-11+. The monoisotopic (exact) mass is 366 g/mol. The van der Waals surface area contributed by atoms with Crippen LogP contribution in [0.15, 0.2) is 46.9 Å². The van der Waals surface area contributed by atoms with Crippen LogP contribution in [0, 0.1) is 5.92 Å². The summed E-state index contributed by atoms with van der Waals surface area (Å²) < 4.78 is 5.76. The summed E-state index contributed by atoms with van der Waals surface area (Å²) in [5.41, 5.74) is 1.26. The average Bonchev–Trinajstić information content (AvgIpc) is 3.21. The zero-order valence-electron chi connectivity index (χ0n) is 16.1. The van der Waals surface area contributed by atoms with Crippen molar-refractivity contribution in [1.29, 1.82) is 0 Å². The van der Waals surface area contributed by atoms with E-state index in [4.69, 9.17) is 4.42 Å². The molecule has 142 valence electrons. The molecule has 1 aliphatic carbocycles. The van der Waals surface area contributed by atoms with Gasteiger partial charge in [0, 0.05) is 36.3 Å². The van der Waals surface area contributed by atoms with Gasteiger partial charge in [-0.2, -0.15) is 0 Å². The normalized spacial score (nSPS) is 18.5. The van der Waals surface area contributed by atoms with E-state index < -0.39 is 0 Å². The lowest BCUT2D eigenvalue weighted by atomic mass is 10.1. The molecule has 5 nitrogen and oxygen atoms in total. The van der Waals surface area contributed by atoms with Crippen molar-refractivity contribution in [3.63, 3.8) is 0 Å². The first kappa shape index (κ1) is 19.0. The first-order valence-corrected chi connectivity index (χ1v) is 9.50. The van der Waals surface area contributed by atoms with Crippen LogP contribution in [0.3, 0.4) is 0 Å². The highest BCUT2D eigenvalue weighted by Gasteiger charge is 2.36. The Balaban J connectivity index is 1.56. The third kappa shape index (κ3) is 4.67. The minimum absolute atomic E-state index is 0.00335. The van der Waals surface area contributed by atoms with Crippen molar-refractivity contribution in [1.82, 2.24) is 4.90 Å². The highest BCUT2D eigenvalue weighted by atomic mass is 16.3. The van der Waals surface area contributed by atoms with Crippen LogP contribution in [0.5, 0.6) is 0 Å². The summed E-state index contributed by atoms with van der Waals surface area (Å²) in [7, 11) is 0. The summed E-state index contributed by atoms with van der Waals surface area (Å²) in [6.45, 7) is 7.46. The molecule has 1 fully saturated rings. The van der Waals surface area contributed by atoms with Crippen LogP contribution in [-0.4, -0.2) is 29.8 Å². The molecule has 2 aromatic rings. The minimum Gasteiger partial charge on any atom is -0.461 e. The summed E-state index contributed by atoms with van der Waals surface area (Å²) in [6.07, 6.45) is 4.29. The molecular formula is C22H26N2O3. The fourth-order valence-corrected chi connectivity index (χ4v) is 3.11. The van der Waals surface area contributed by atoms with Gasteiger partial charge in [0.15, 0.2) is 0 Å². The van der Waals surface area contributed by atoms with Crippen molar-refractivity contribution in [3.05, 3.63) is 59.6 Å². The van der Waals surface area contributed by atoms with Gasteiger partial charge < -0.3 is 14.6 Å². The Bertz CT molecular complexity index is 831. The van der Waals surface area contributed by atoms with E-state index in [1.165, 1.54) is 12.5 Å². The summed E-state index contributed by atoms with van der Waals surface area (Å²) in [6, 6.07) is 10.8. The molecule has 5 heteroatoms. The second-order valence-electron chi connectivity index (χ2n) is 6.94. The largest absolute Gasteiger partial charge is 0.461 e. The van der Waals surface area contributed by atoms with Gasteiger partial charge in [-0.3, -0.25) is 9.59 Å². The molecule has 1 saturated carbocycles. The molecule has 3 rings (SSSR count). The van der Waals surface area contributed by atoms with Crippen molar-refractivity contribution >= 4 is 23.6 Å². The lowest BCUT2D eigenvalue weighted by Gasteiger charge is -2.18. The van der Waals surface area contributed by atoms with Crippen LogP contribution < -0.4 is 5.32 Å². The van der Waals surface area contributed by atoms with Crippen LogP contribution >= 0.6 is 0 Å². The fraction of sp³-hybridized carbons (Fsp3) is 0.364. The zero-order valence-corrected chi connectivity index (χ0v) is 16.1. The molecule has 0 aliphatic heterocycles. The van der Waals surface area contributed by atoms with Crippen LogP contribution in [0.2, 0.25) is 0 Å². The highest BCUT2D eigenvalue weighted by molar-refractivity contribution is 6.02. The van der Waals surface area contributed by atoms with Gasteiger partial charge in [-0.15, -0.1) is 0 Å². The fourth-order valence-electron chi connectivity index (χ4n) is 3.11. The van der Waals surface area contributed by atoms with Crippen molar-refractivity contribution in [2.75, 3.05) is 18.4 Å². The first-order chi connectivity index (χ1) is 13.0. The maximum Gasteiger partial charge on any atom is 0.253 e. The highest BCUT2D eigenvalue weighted by Crippen LogP contribution is 2.47. The minimum atomic E-state index is -0.240. The smallest absolute Gasteiger partial charge is 0.253 e. The van der Waals surface area contributed by atoms with Gasteiger partial charge >= 0.3 is 0 Å². The second kappa shape index (κ2) is 8.25. The van der Waals surface area contributed by atoms with Crippen LogP contribution in [-0.2, 0) is 4.79 Å². The Morgan fingerprint density at radius 1 is 1.15 bits per heavy atom. The third-order valence-corrected chi connectivity index (χ3v) is 4.97. The average molecular weight is 366 g/mol. The van der Waals surface area contributed by atoms with E-state index >= 15 is 0 Å². The van der Waals surface area contributed by atoms with E-state index in [2.05, 4.69) is 12.2 Å². The number of hydrogen-bond donors (Lipinski definition) is 1. The number of nitrogens with zero attached hydrogens (tertiary/aromatic N) is 1. The number of carbonyl (C=O) groups is 2. The number of furan rings is 1. The maximum absolute atomic E-state index is 12.3. The SMILES string of the molecule is CCN(CC)C(=O)c1ccc(NC(=O)/C=C/c2ccc(C3CC3C)o2)cc1. The van der Waals surface area contributed by atoms with Crippen molar-refractivity contribution in [2.45, 2.75) is 33.1 Å². The molecule has 1 aliphatic rings. The second-order valence-corrected chi connectivity index (χ2v) is 6.94. The van der Waals surface area contributed by atoms with Gasteiger partial charge in [0.25, 0.3) is 5.91 Å². The predicted octanol–water partition coefficient (Wildman–Crippen LogP) is 4.54. The third-order valence-electron chi connectivity index (χ3n) is 4.97. The van der Waals surface area contributed by atoms with E-state index in [0.29, 0.717) is 41.9 Å². The quantitative estimate of drug-likeness (QED) is 0.732. The molecule has 0 radical (unpaired) electrons. The van der Waals surface area contributed by atoms with Gasteiger partial charge in [-0.25, -0.2) is 0 Å². The number of amides is 2. The molecule has 1 aromatic heterocycles. The van der Waals surface area contributed by atoms with Crippen molar-refractivity contribution in [2.24, 2.45) is 5.92 Å². The van der Waals surface area contributed by atoms with E-state index in [0.717, 1.165) is 5.76 Å². The van der Waals surface area contributed by atoms with E-state index in [1.54, 1.807) is 35.2 Å². The predicted molar refractivity (Wildman–Crippen MR) is 107 cm³/mol. The Hall–Kier alpha value is -2.82. The Morgan fingerprint density at radius 3 is 2.41 bits per heavy atom. The topological polar surface area (TPSA) is 62.6 Å². The van der Waals surface area contributed by atoms with Gasteiger partial charge in [-0.05, 0) is 68.7 Å². The number of hydrogen-bond acceptors (Lipinski definition) is 3. The number of anilines is 1. The van der Waals surface area contributed by atoms with Crippen molar-refractivity contribution < 1.29 is 14.0 Å². The van der Waals surface area contributed by atoms with Gasteiger partial charge in [0.05, 0.1) is 0 Å². The molecule has 0 spiro atoms. The first-order valence-electron chi connectivity index (χ1n) is 9.50. The summed E-state index contributed by atoms with van der Waals surface area (Å²) in [4.78, 5) is 26.1. The molecule has 1 N–H and O–H groups in total.